The van der Waals surface area contributed by atoms with Crippen LogP contribution in [0, 0.1) is 0 Å². The zero-order valence-corrected chi connectivity index (χ0v) is 6.38. The van der Waals surface area contributed by atoms with Crippen LogP contribution < -0.4 is 5.32 Å². The van der Waals surface area contributed by atoms with E-state index in [0.29, 0.717) is 12.8 Å². The molecule has 2 aliphatic rings. The predicted octanol–water partition coefficient (Wildman–Crippen LogP) is -0.598. The standard InChI is InChI=1S/C8H13NO2/c10-7-1-5-3-9-4-6(5)2-8(7)11/h7-11H,1-4H2. The second-order valence-electron chi connectivity index (χ2n) is 3.35. The van der Waals surface area contributed by atoms with Crippen molar-refractivity contribution in [1.29, 1.82) is 0 Å². The van der Waals surface area contributed by atoms with Crippen LogP contribution in [0.1, 0.15) is 12.8 Å². The van der Waals surface area contributed by atoms with Gasteiger partial charge in [-0.15, -0.1) is 0 Å². The van der Waals surface area contributed by atoms with Crippen molar-refractivity contribution in [2.45, 2.75) is 25.0 Å². The Morgan fingerprint density at radius 1 is 1.00 bits per heavy atom. The van der Waals surface area contributed by atoms with E-state index in [-0.39, 0.29) is 0 Å². The van der Waals surface area contributed by atoms with Crippen molar-refractivity contribution in [3.8, 4) is 0 Å². The molecule has 1 heterocycles. The van der Waals surface area contributed by atoms with Gasteiger partial charge in [-0.1, -0.05) is 11.1 Å². The van der Waals surface area contributed by atoms with Gasteiger partial charge in [0.15, 0.2) is 0 Å². The number of rotatable bonds is 0. The molecule has 0 spiro atoms. The van der Waals surface area contributed by atoms with E-state index < -0.39 is 12.2 Å². The van der Waals surface area contributed by atoms with Gasteiger partial charge in [0, 0.05) is 13.1 Å². The molecule has 0 radical (unpaired) electrons. The molecule has 62 valence electrons. The summed E-state index contributed by atoms with van der Waals surface area (Å²) < 4.78 is 0. The first-order valence-corrected chi connectivity index (χ1v) is 4.04. The Balaban J connectivity index is 2.16. The SMILES string of the molecule is OC1CC2=C(CNC2)CC1O. The van der Waals surface area contributed by atoms with E-state index in [0.717, 1.165) is 13.1 Å². The van der Waals surface area contributed by atoms with Crippen molar-refractivity contribution >= 4 is 0 Å². The zero-order valence-electron chi connectivity index (χ0n) is 6.38. The molecular weight excluding hydrogens is 142 g/mol. The number of hydrogen-bond acceptors (Lipinski definition) is 3. The summed E-state index contributed by atoms with van der Waals surface area (Å²) in [5, 5.41) is 21.8. The summed E-state index contributed by atoms with van der Waals surface area (Å²) in [5.74, 6) is 0. The van der Waals surface area contributed by atoms with Crippen LogP contribution in [0.15, 0.2) is 11.1 Å². The third-order valence-corrected chi connectivity index (χ3v) is 2.53. The topological polar surface area (TPSA) is 52.5 Å². The lowest BCUT2D eigenvalue weighted by Crippen LogP contribution is -2.30. The van der Waals surface area contributed by atoms with Crippen LogP contribution in [-0.2, 0) is 0 Å². The van der Waals surface area contributed by atoms with Crippen LogP contribution in [0.3, 0.4) is 0 Å². The predicted molar refractivity (Wildman–Crippen MR) is 41.1 cm³/mol. The minimum Gasteiger partial charge on any atom is -0.390 e. The van der Waals surface area contributed by atoms with Gasteiger partial charge in [0.25, 0.3) is 0 Å². The van der Waals surface area contributed by atoms with E-state index in [2.05, 4.69) is 5.32 Å². The van der Waals surface area contributed by atoms with Crippen molar-refractivity contribution in [3.05, 3.63) is 11.1 Å². The molecule has 0 amide bonds. The normalized spacial score (nSPS) is 37.6. The maximum Gasteiger partial charge on any atom is 0.0839 e. The van der Waals surface area contributed by atoms with Crippen molar-refractivity contribution in [2.75, 3.05) is 13.1 Å². The first kappa shape index (κ1) is 7.28. The van der Waals surface area contributed by atoms with Gasteiger partial charge in [-0.2, -0.15) is 0 Å². The summed E-state index contributed by atoms with van der Waals surface area (Å²) in [6.45, 7) is 1.80. The maximum absolute atomic E-state index is 9.31. The molecule has 0 aromatic carbocycles. The van der Waals surface area contributed by atoms with Crippen molar-refractivity contribution in [2.24, 2.45) is 0 Å². The molecule has 0 saturated carbocycles. The highest BCUT2D eigenvalue weighted by Gasteiger charge is 2.28. The van der Waals surface area contributed by atoms with Crippen molar-refractivity contribution < 1.29 is 10.2 Å². The summed E-state index contributed by atoms with van der Waals surface area (Å²) in [7, 11) is 0. The van der Waals surface area contributed by atoms with E-state index in [1.54, 1.807) is 0 Å². The first-order chi connectivity index (χ1) is 5.27. The highest BCUT2D eigenvalue weighted by molar-refractivity contribution is 5.27. The highest BCUT2D eigenvalue weighted by atomic mass is 16.3. The summed E-state index contributed by atoms with van der Waals surface area (Å²) >= 11 is 0. The summed E-state index contributed by atoms with van der Waals surface area (Å²) in [5.41, 5.74) is 2.62. The molecule has 0 saturated heterocycles. The van der Waals surface area contributed by atoms with E-state index >= 15 is 0 Å². The Bertz CT molecular complexity index is 180. The fourth-order valence-corrected chi connectivity index (χ4v) is 1.82. The van der Waals surface area contributed by atoms with E-state index in [1.807, 2.05) is 0 Å². The molecular formula is C8H13NO2. The third-order valence-electron chi connectivity index (χ3n) is 2.53. The lowest BCUT2D eigenvalue weighted by atomic mass is 9.90. The largest absolute Gasteiger partial charge is 0.390 e. The quantitative estimate of drug-likeness (QED) is 0.409. The van der Waals surface area contributed by atoms with Gasteiger partial charge in [0.1, 0.15) is 0 Å². The van der Waals surface area contributed by atoms with Crippen LogP contribution in [0.25, 0.3) is 0 Å². The van der Waals surface area contributed by atoms with Gasteiger partial charge < -0.3 is 15.5 Å². The van der Waals surface area contributed by atoms with Crippen LogP contribution in [-0.4, -0.2) is 35.5 Å². The first-order valence-electron chi connectivity index (χ1n) is 4.04. The van der Waals surface area contributed by atoms with Gasteiger partial charge in [-0.05, 0) is 12.8 Å². The monoisotopic (exact) mass is 155 g/mol. The lowest BCUT2D eigenvalue weighted by Gasteiger charge is -2.24. The van der Waals surface area contributed by atoms with Gasteiger partial charge in [-0.25, -0.2) is 0 Å². The minimum atomic E-state index is -0.534. The Labute approximate surface area is 65.7 Å². The molecule has 3 nitrogen and oxygen atoms in total. The number of aliphatic hydroxyl groups excluding tert-OH is 2. The maximum atomic E-state index is 9.31. The van der Waals surface area contributed by atoms with Gasteiger partial charge in [0.05, 0.1) is 12.2 Å². The average molecular weight is 155 g/mol. The Morgan fingerprint density at radius 2 is 1.45 bits per heavy atom. The molecule has 0 fully saturated rings. The lowest BCUT2D eigenvalue weighted by molar-refractivity contribution is 0.0149. The fraction of sp³-hybridized carbons (Fsp3) is 0.750. The fourth-order valence-electron chi connectivity index (χ4n) is 1.82. The van der Waals surface area contributed by atoms with Gasteiger partial charge in [0.2, 0.25) is 0 Å². The summed E-state index contributed by atoms with van der Waals surface area (Å²) in [4.78, 5) is 0. The molecule has 2 unspecified atom stereocenters. The molecule has 0 aromatic rings. The molecule has 0 bridgehead atoms. The van der Waals surface area contributed by atoms with E-state index in [1.165, 1.54) is 11.1 Å². The molecule has 2 atom stereocenters. The number of aliphatic hydroxyl groups is 2. The van der Waals surface area contributed by atoms with Crippen LogP contribution in [0.4, 0.5) is 0 Å². The average Bonchev–Trinajstić information content (AvgIpc) is 2.36. The van der Waals surface area contributed by atoms with E-state index in [9.17, 15) is 10.2 Å². The minimum absolute atomic E-state index is 0.534. The molecule has 3 N–H and O–H groups in total. The molecule has 1 aliphatic carbocycles. The van der Waals surface area contributed by atoms with E-state index in [4.69, 9.17) is 0 Å². The Hall–Kier alpha value is -0.380. The molecule has 11 heavy (non-hydrogen) atoms. The third kappa shape index (κ3) is 1.20. The Morgan fingerprint density at radius 3 is 1.91 bits per heavy atom. The molecule has 1 aliphatic heterocycles. The highest BCUT2D eigenvalue weighted by Crippen LogP contribution is 2.27. The van der Waals surface area contributed by atoms with Crippen LogP contribution in [0.5, 0.6) is 0 Å². The van der Waals surface area contributed by atoms with Gasteiger partial charge in [-0.3, -0.25) is 0 Å². The smallest absolute Gasteiger partial charge is 0.0839 e. The number of nitrogens with one attached hydrogen (secondary N) is 1. The van der Waals surface area contributed by atoms with Crippen LogP contribution >= 0.6 is 0 Å². The summed E-state index contributed by atoms with van der Waals surface area (Å²) in [6.07, 6.45) is 0.245. The van der Waals surface area contributed by atoms with Crippen LogP contribution in [0.2, 0.25) is 0 Å². The number of hydrogen-bond donors (Lipinski definition) is 3. The van der Waals surface area contributed by atoms with Crippen molar-refractivity contribution in [3.63, 3.8) is 0 Å². The molecule has 0 aromatic heterocycles. The summed E-state index contributed by atoms with van der Waals surface area (Å²) in [6, 6.07) is 0. The second-order valence-corrected chi connectivity index (χ2v) is 3.35. The van der Waals surface area contributed by atoms with Gasteiger partial charge >= 0.3 is 0 Å². The molecule has 3 heteroatoms. The van der Waals surface area contributed by atoms with Crippen molar-refractivity contribution in [1.82, 2.24) is 5.32 Å². The zero-order chi connectivity index (χ0) is 7.84. The second kappa shape index (κ2) is 2.59. The molecule has 2 rings (SSSR count). The Kier molecular flexibility index (Phi) is 1.71.